The van der Waals surface area contributed by atoms with E-state index in [-0.39, 0.29) is 26.8 Å². The van der Waals surface area contributed by atoms with E-state index in [1.807, 2.05) is 0 Å². The molecule has 12 heteroatoms. The van der Waals surface area contributed by atoms with Crippen LogP contribution in [0.3, 0.4) is 0 Å². The number of aromatic nitrogens is 2. The summed E-state index contributed by atoms with van der Waals surface area (Å²) in [6.07, 6.45) is 3.11. The van der Waals surface area contributed by atoms with E-state index >= 15 is 0 Å². The average Bonchev–Trinajstić information content (AvgIpc) is 3.41. The molecule has 2 aromatic carbocycles. The number of imidazole rings is 1. The number of ether oxygens (including phenoxy) is 1. The molecule has 0 saturated carbocycles. The Kier molecular flexibility index (Phi) is 6.63. The van der Waals surface area contributed by atoms with Gasteiger partial charge in [-0.15, -0.1) is 23.1 Å². The van der Waals surface area contributed by atoms with Gasteiger partial charge in [0.05, 0.1) is 39.5 Å². The monoisotopic (exact) mass is 572 g/mol. The van der Waals surface area contributed by atoms with Gasteiger partial charge in [-0.3, -0.25) is 0 Å². The molecule has 0 saturated heterocycles. The summed E-state index contributed by atoms with van der Waals surface area (Å²) in [5.74, 6) is -2.05. The number of hydrogen-bond donors (Lipinski definition) is 0. The van der Waals surface area contributed by atoms with Crippen molar-refractivity contribution in [3.8, 4) is 0 Å². The van der Waals surface area contributed by atoms with Crippen LogP contribution in [-0.2, 0) is 21.1 Å². The molecule has 0 spiro atoms. The number of halogens is 3. The second-order valence-electron chi connectivity index (χ2n) is 6.81. The van der Waals surface area contributed by atoms with Crippen molar-refractivity contribution in [2.45, 2.75) is 20.5 Å². The zero-order valence-corrected chi connectivity index (χ0v) is 21.2. The van der Waals surface area contributed by atoms with E-state index in [9.17, 15) is 22.0 Å². The van der Waals surface area contributed by atoms with E-state index in [1.54, 1.807) is 6.26 Å². The summed E-state index contributed by atoms with van der Waals surface area (Å²) in [6.45, 7) is -0.175. The molecule has 33 heavy (non-hydrogen) atoms. The van der Waals surface area contributed by atoms with Crippen molar-refractivity contribution in [1.29, 1.82) is 0 Å². The number of nitrogens with zero attached hydrogens (tertiary/aromatic N) is 2. The van der Waals surface area contributed by atoms with Crippen LogP contribution in [0.5, 0.6) is 0 Å². The highest BCUT2D eigenvalue weighted by Gasteiger charge is 2.28. The molecule has 0 unspecified atom stereocenters. The molecular weight excluding hydrogens is 558 g/mol. The third-order valence-corrected chi connectivity index (χ3v) is 9.75. The minimum Gasteiger partial charge on any atom is -0.465 e. The van der Waals surface area contributed by atoms with Gasteiger partial charge >= 0.3 is 5.97 Å². The van der Waals surface area contributed by atoms with Crippen LogP contribution in [0.2, 0.25) is 0 Å². The Morgan fingerprint density at radius 2 is 1.94 bits per heavy atom. The molecule has 0 aliphatic carbocycles. The number of rotatable bonds is 6. The third kappa shape index (κ3) is 4.32. The van der Waals surface area contributed by atoms with Gasteiger partial charge in [0.1, 0.15) is 22.0 Å². The number of thiophene rings is 1. The Bertz CT molecular complexity index is 1480. The summed E-state index contributed by atoms with van der Waals surface area (Å²) < 4.78 is 62.4. The number of carbonyl (C=O) groups excluding carboxylic acids is 1. The zero-order valence-electron chi connectivity index (χ0n) is 17.1. The molecule has 0 N–H and O–H groups in total. The lowest BCUT2D eigenvalue weighted by atomic mass is 10.2. The van der Waals surface area contributed by atoms with E-state index in [4.69, 9.17) is 4.74 Å². The molecule has 6 nitrogen and oxygen atoms in total. The number of sulfone groups is 1. The molecule has 0 aliphatic heterocycles. The molecule has 4 rings (SSSR count). The van der Waals surface area contributed by atoms with Crippen LogP contribution >= 0.6 is 39.0 Å². The first-order valence-corrected chi connectivity index (χ1v) is 13.6. The van der Waals surface area contributed by atoms with Crippen LogP contribution in [0.25, 0.3) is 11.0 Å². The highest BCUT2D eigenvalue weighted by atomic mass is 79.9. The Balaban J connectivity index is 1.85. The first kappa shape index (κ1) is 23.9. The molecule has 0 amide bonds. The Hall–Kier alpha value is -2.28. The minimum atomic E-state index is -4.04. The molecule has 0 radical (unpaired) electrons. The predicted molar refractivity (Wildman–Crippen MR) is 126 cm³/mol. The number of hydrogen-bond acceptors (Lipinski definition) is 7. The van der Waals surface area contributed by atoms with Gasteiger partial charge in [0.25, 0.3) is 0 Å². The van der Waals surface area contributed by atoms with Gasteiger partial charge in [0.15, 0.2) is 0 Å². The Morgan fingerprint density at radius 3 is 2.58 bits per heavy atom. The van der Waals surface area contributed by atoms with Crippen LogP contribution in [0.1, 0.15) is 15.2 Å². The fourth-order valence-corrected chi connectivity index (χ4v) is 7.91. The Morgan fingerprint density at radius 1 is 1.24 bits per heavy atom. The van der Waals surface area contributed by atoms with Crippen molar-refractivity contribution >= 4 is 65.9 Å². The van der Waals surface area contributed by atoms with Crippen molar-refractivity contribution in [1.82, 2.24) is 9.55 Å². The maximum Gasteiger partial charge on any atom is 0.348 e. The van der Waals surface area contributed by atoms with Crippen LogP contribution in [-0.4, -0.2) is 37.3 Å². The summed E-state index contributed by atoms with van der Waals surface area (Å²) in [5.41, 5.74) is 0.655. The predicted octanol–water partition coefficient (Wildman–Crippen LogP) is 5.53. The molecule has 2 aromatic heterocycles. The van der Waals surface area contributed by atoms with Crippen molar-refractivity contribution in [2.24, 2.45) is 0 Å². The summed E-state index contributed by atoms with van der Waals surface area (Å²) in [7, 11) is -2.82. The van der Waals surface area contributed by atoms with Gasteiger partial charge in [0, 0.05) is 10.0 Å². The number of thioether (sulfide) groups is 1. The fraction of sp³-hybridized carbons (Fsp3) is 0.143. The van der Waals surface area contributed by atoms with Gasteiger partial charge in [-0.25, -0.2) is 27.0 Å². The maximum atomic E-state index is 14.2. The smallest absolute Gasteiger partial charge is 0.348 e. The molecule has 0 bridgehead atoms. The highest BCUT2D eigenvalue weighted by Crippen LogP contribution is 2.39. The molecule has 4 aromatic rings. The second-order valence-corrected chi connectivity index (χ2v) is 11.7. The van der Waals surface area contributed by atoms with Crippen molar-refractivity contribution in [3.05, 3.63) is 69.3 Å². The highest BCUT2D eigenvalue weighted by molar-refractivity contribution is 9.10. The second kappa shape index (κ2) is 9.16. The van der Waals surface area contributed by atoms with E-state index < -0.39 is 27.4 Å². The first-order chi connectivity index (χ1) is 15.7. The normalized spacial score (nSPS) is 11.8. The van der Waals surface area contributed by atoms with E-state index in [0.717, 1.165) is 23.5 Å². The standard InChI is InChI=1S/C21H15BrF2N2O4S3/c1-30-20(27)17-8-18(21(31-2)32-17)33(28,29)11-6-13(22)19-16(7-11)26(10-25-19)9-12-14(23)4-3-5-15(12)24/h3-8,10H,9H2,1-2H3. The van der Waals surface area contributed by atoms with Crippen molar-refractivity contribution in [3.63, 3.8) is 0 Å². The summed E-state index contributed by atoms with van der Waals surface area (Å²) in [4.78, 5) is 16.3. The zero-order chi connectivity index (χ0) is 23.9. The van der Waals surface area contributed by atoms with E-state index in [2.05, 4.69) is 20.9 Å². The van der Waals surface area contributed by atoms with Crippen LogP contribution < -0.4 is 0 Å². The maximum absolute atomic E-state index is 14.2. The molecular formula is C21H15BrF2N2O4S3. The lowest BCUT2D eigenvalue weighted by Crippen LogP contribution is -2.06. The fourth-order valence-electron chi connectivity index (χ4n) is 3.25. The summed E-state index contributed by atoms with van der Waals surface area (Å²) in [6, 6.07) is 7.69. The van der Waals surface area contributed by atoms with Crippen molar-refractivity contribution in [2.75, 3.05) is 13.4 Å². The SMILES string of the molecule is COC(=O)c1cc(S(=O)(=O)c2cc(Br)c3ncn(Cc4c(F)cccc4F)c3c2)c(SC)s1. The topological polar surface area (TPSA) is 78.3 Å². The van der Waals surface area contributed by atoms with Gasteiger partial charge in [-0.1, -0.05) is 6.07 Å². The Labute approximate surface area is 204 Å². The van der Waals surface area contributed by atoms with Crippen LogP contribution in [0.4, 0.5) is 8.78 Å². The van der Waals surface area contributed by atoms with Gasteiger partial charge in [0.2, 0.25) is 9.84 Å². The molecule has 0 atom stereocenters. The molecule has 172 valence electrons. The molecule has 0 fully saturated rings. The average molecular weight is 573 g/mol. The number of methoxy groups -OCH3 is 1. The molecule has 0 aliphatic rings. The largest absolute Gasteiger partial charge is 0.465 e. The van der Waals surface area contributed by atoms with Gasteiger partial charge in [-0.2, -0.15) is 0 Å². The number of benzene rings is 2. The first-order valence-electron chi connectivity index (χ1n) is 9.26. The van der Waals surface area contributed by atoms with Crippen LogP contribution in [0, 0.1) is 11.6 Å². The lowest BCUT2D eigenvalue weighted by molar-refractivity contribution is 0.0606. The number of fused-ring (bicyclic) bond motifs is 1. The third-order valence-electron chi connectivity index (χ3n) is 4.88. The summed E-state index contributed by atoms with van der Waals surface area (Å²) in [5, 5.41) is 0. The number of esters is 1. The quantitative estimate of drug-likeness (QED) is 0.223. The summed E-state index contributed by atoms with van der Waals surface area (Å²) >= 11 is 5.58. The van der Waals surface area contributed by atoms with Crippen LogP contribution in [0.15, 0.2) is 61.2 Å². The van der Waals surface area contributed by atoms with E-state index in [1.165, 1.54) is 54.0 Å². The van der Waals surface area contributed by atoms with Gasteiger partial charge in [-0.05, 0) is 52.5 Å². The minimum absolute atomic E-state index is 0.0159. The van der Waals surface area contributed by atoms with Gasteiger partial charge < -0.3 is 9.30 Å². The molecule has 2 heterocycles. The van der Waals surface area contributed by atoms with Crippen molar-refractivity contribution < 1.29 is 26.7 Å². The van der Waals surface area contributed by atoms with E-state index in [0.29, 0.717) is 19.7 Å². The number of carbonyl (C=O) groups is 1. The lowest BCUT2D eigenvalue weighted by Gasteiger charge is -2.10.